The molecule has 1 N–H and O–H groups in total. The van der Waals surface area contributed by atoms with Gasteiger partial charge >= 0.3 is 0 Å². The summed E-state index contributed by atoms with van der Waals surface area (Å²) in [5.74, 6) is 0.793. The van der Waals surface area contributed by atoms with Crippen molar-refractivity contribution in [3.05, 3.63) is 53.6 Å². The molecule has 2 rings (SSSR count). The first-order valence-electron chi connectivity index (χ1n) is 5.99. The van der Waals surface area contributed by atoms with Crippen molar-refractivity contribution in [2.24, 2.45) is 10.2 Å². The average Bonchev–Trinajstić information content (AvgIpc) is 2.44. The van der Waals surface area contributed by atoms with Gasteiger partial charge in [-0.2, -0.15) is 10.2 Å². The molecular weight excluding hydrogens is 240 g/mol. The molecule has 0 aromatic heterocycles. The van der Waals surface area contributed by atoms with Crippen molar-refractivity contribution in [3.8, 4) is 11.5 Å². The highest BCUT2D eigenvalue weighted by molar-refractivity contribution is 5.58. The molecule has 0 amide bonds. The predicted molar refractivity (Wildman–Crippen MR) is 74.1 cm³/mol. The summed E-state index contributed by atoms with van der Waals surface area (Å²) in [6.07, 6.45) is 0. The van der Waals surface area contributed by atoms with Crippen LogP contribution < -0.4 is 4.74 Å². The topological polar surface area (TPSA) is 54.2 Å². The fraction of sp³-hybridized carbons (Fsp3) is 0.200. The highest BCUT2D eigenvalue weighted by Crippen LogP contribution is 2.34. The van der Waals surface area contributed by atoms with E-state index in [0.29, 0.717) is 23.5 Å². The standard InChI is InChI=1S/C15H16N2O2/c1-11-8-13(19-2)9-14(15(11)18)17-16-10-12-6-4-3-5-7-12/h3-9,18H,10H2,1-2H3. The number of benzene rings is 2. The molecule has 0 saturated carbocycles. The summed E-state index contributed by atoms with van der Waals surface area (Å²) < 4.78 is 5.14. The molecular formula is C15H16N2O2. The van der Waals surface area contributed by atoms with Gasteiger partial charge < -0.3 is 9.84 Å². The van der Waals surface area contributed by atoms with E-state index < -0.39 is 0 Å². The third-order valence-corrected chi connectivity index (χ3v) is 2.76. The van der Waals surface area contributed by atoms with E-state index in [1.54, 1.807) is 26.2 Å². The van der Waals surface area contributed by atoms with Crippen molar-refractivity contribution in [1.29, 1.82) is 0 Å². The van der Waals surface area contributed by atoms with Crippen molar-refractivity contribution in [2.75, 3.05) is 7.11 Å². The van der Waals surface area contributed by atoms with Gasteiger partial charge in [-0.25, -0.2) is 0 Å². The van der Waals surface area contributed by atoms with E-state index >= 15 is 0 Å². The Kier molecular flexibility index (Phi) is 4.13. The van der Waals surface area contributed by atoms with Gasteiger partial charge in [0.15, 0.2) is 0 Å². The van der Waals surface area contributed by atoms with Crippen molar-refractivity contribution in [3.63, 3.8) is 0 Å². The maximum atomic E-state index is 9.91. The number of hydrogen-bond donors (Lipinski definition) is 1. The predicted octanol–water partition coefficient (Wildman–Crippen LogP) is 3.99. The Morgan fingerprint density at radius 3 is 2.58 bits per heavy atom. The maximum absolute atomic E-state index is 9.91. The van der Waals surface area contributed by atoms with Gasteiger partial charge in [0.05, 0.1) is 13.7 Å². The van der Waals surface area contributed by atoms with E-state index in [2.05, 4.69) is 10.2 Å². The van der Waals surface area contributed by atoms with Gasteiger partial charge in [-0.3, -0.25) is 0 Å². The van der Waals surface area contributed by atoms with Crippen LogP contribution in [0.4, 0.5) is 5.69 Å². The fourth-order valence-electron chi connectivity index (χ4n) is 1.70. The third-order valence-electron chi connectivity index (χ3n) is 2.76. The first kappa shape index (κ1) is 13.1. The minimum absolute atomic E-state index is 0.137. The van der Waals surface area contributed by atoms with Crippen LogP contribution in [0, 0.1) is 6.92 Å². The molecule has 0 aliphatic heterocycles. The Morgan fingerprint density at radius 2 is 1.89 bits per heavy atom. The van der Waals surface area contributed by atoms with Crippen LogP contribution in [-0.2, 0) is 6.54 Å². The lowest BCUT2D eigenvalue weighted by Gasteiger charge is -2.05. The van der Waals surface area contributed by atoms with E-state index in [-0.39, 0.29) is 5.75 Å². The molecule has 2 aromatic carbocycles. The zero-order valence-corrected chi connectivity index (χ0v) is 11.0. The number of hydrogen-bond acceptors (Lipinski definition) is 4. The molecule has 0 aliphatic carbocycles. The van der Waals surface area contributed by atoms with Crippen LogP contribution in [0.15, 0.2) is 52.7 Å². The Morgan fingerprint density at radius 1 is 1.16 bits per heavy atom. The highest BCUT2D eigenvalue weighted by Gasteiger charge is 2.06. The van der Waals surface area contributed by atoms with E-state index in [4.69, 9.17) is 4.74 Å². The van der Waals surface area contributed by atoms with Crippen molar-refractivity contribution in [2.45, 2.75) is 13.5 Å². The maximum Gasteiger partial charge on any atom is 0.146 e. The van der Waals surface area contributed by atoms with Crippen LogP contribution in [0.5, 0.6) is 11.5 Å². The molecule has 19 heavy (non-hydrogen) atoms. The summed E-state index contributed by atoms with van der Waals surface area (Å²) in [6.45, 7) is 2.28. The van der Waals surface area contributed by atoms with Gasteiger partial charge in [-0.1, -0.05) is 30.3 Å². The van der Waals surface area contributed by atoms with Crippen LogP contribution in [0.2, 0.25) is 0 Å². The number of azo groups is 1. The van der Waals surface area contributed by atoms with Gasteiger partial charge in [0, 0.05) is 6.07 Å². The molecule has 0 radical (unpaired) electrons. The van der Waals surface area contributed by atoms with E-state index in [9.17, 15) is 5.11 Å². The van der Waals surface area contributed by atoms with Crippen molar-refractivity contribution < 1.29 is 9.84 Å². The zero-order valence-electron chi connectivity index (χ0n) is 11.0. The second-order valence-electron chi connectivity index (χ2n) is 4.20. The third kappa shape index (κ3) is 3.31. The summed E-state index contributed by atoms with van der Waals surface area (Å²) in [5.41, 5.74) is 2.21. The fourth-order valence-corrected chi connectivity index (χ4v) is 1.70. The van der Waals surface area contributed by atoms with Crippen LogP contribution in [-0.4, -0.2) is 12.2 Å². The lowest BCUT2D eigenvalue weighted by molar-refractivity contribution is 0.411. The molecule has 0 spiro atoms. The largest absolute Gasteiger partial charge is 0.505 e. The monoisotopic (exact) mass is 256 g/mol. The number of phenolic OH excluding ortho intramolecular Hbond substituents is 1. The highest BCUT2D eigenvalue weighted by atomic mass is 16.5. The molecule has 98 valence electrons. The van der Waals surface area contributed by atoms with Crippen LogP contribution >= 0.6 is 0 Å². The van der Waals surface area contributed by atoms with Gasteiger partial charge in [0.25, 0.3) is 0 Å². The normalized spacial score (nSPS) is 10.8. The van der Waals surface area contributed by atoms with Gasteiger partial charge in [0.2, 0.25) is 0 Å². The Labute approximate surface area is 112 Å². The summed E-state index contributed by atoms with van der Waals surface area (Å²) in [5, 5.41) is 18.1. The molecule has 0 aliphatic rings. The summed E-state index contributed by atoms with van der Waals surface area (Å²) in [4.78, 5) is 0. The van der Waals surface area contributed by atoms with E-state index in [0.717, 1.165) is 5.56 Å². The van der Waals surface area contributed by atoms with Gasteiger partial charge in [0.1, 0.15) is 17.2 Å². The number of phenols is 1. The Bertz CT molecular complexity index is 580. The Hall–Kier alpha value is -2.36. The SMILES string of the molecule is COc1cc(C)c(O)c(N=NCc2ccccc2)c1. The second kappa shape index (κ2) is 6.00. The molecule has 0 bridgehead atoms. The number of ether oxygens (including phenoxy) is 1. The van der Waals surface area contributed by atoms with Crippen LogP contribution in [0.1, 0.15) is 11.1 Å². The first-order chi connectivity index (χ1) is 9.20. The van der Waals surface area contributed by atoms with Gasteiger partial charge in [-0.05, 0) is 24.1 Å². The smallest absolute Gasteiger partial charge is 0.146 e. The number of nitrogens with zero attached hydrogens (tertiary/aromatic N) is 2. The average molecular weight is 256 g/mol. The molecule has 0 saturated heterocycles. The van der Waals surface area contributed by atoms with Gasteiger partial charge in [-0.15, -0.1) is 0 Å². The number of aryl methyl sites for hydroxylation is 1. The van der Waals surface area contributed by atoms with E-state index in [1.165, 1.54) is 0 Å². The van der Waals surface area contributed by atoms with Crippen molar-refractivity contribution in [1.82, 2.24) is 0 Å². The molecule has 4 nitrogen and oxygen atoms in total. The number of rotatable bonds is 4. The minimum Gasteiger partial charge on any atom is -0.505 e. The Balaban J connectivity index is 2.16. The van der Waals surface area contributed by atoms with Crippen molar-refractivity contribution >= 4 is 5.69 Å². The lowest BCUT2D eigenvalue weighted by atomic mass is 10.2. The zero-order chi connectivity index (χ0) is 13.7. The van der Waals surface area contributed by atoms with Crippen LogP contribution in [0.3, 0.4) is 0 Å². The van der Waals surface area contributed by atoms with E-state index in [1.807, 2.05) is 30.3 Å². The summed E-state index contributed by atoms with van der Waals surface area (Å²) >= 11 is 0. The summed E-state index contributed by atoms with van der Waals surface area (Å²) in [6, 6.07) is 13.3. The number of methoxy groups -OCH3 is 1. The molecule has 0 atom stereocenters. The summed E-state index contributed by atoms with van der Waals surface area (Å²) in [7, 11) is 1.58. The molecule has 0 fully saturated rings. The minimum atomic E-state index is 0.137. The molecule has 2 aromatic rings. The molecule has 0 unspecified atom stereocenters. The number of aromatic hydroxyl groups is 1. The quantitative estimate of drug-likeness (QED) is 0.841. The molecule has 0 heterocycles. The van der Waals surface area contributed by atoms with Crippen LogP contribution in [0.25, 0.3) is 0 Å². The first-order valence-corrected chi connectivity index (χ1v) is 5.99. The second-order valence-corrected chi connectivity index (χ2v) is 4.20. The molecule has 4 heteroatoms. The lowest BCUT2D eigenvalue weighted by Crippen LogP contribution is -1.84.